The van der Waals surface area contributed by atoms with Crippen molar-refractivity contribution in [3.63, 3.8) is 0 Å². The second-order valence-electron chi connectivity index (χ2n) is 8.56. The van der Waals surface area contributed by atoms with E-state index in [9.17, 15) is 9.90 Å². The third-order valence-corrected chi connectivity index (χ3v) is 5.22. The molecule has 0 aliphatic heterocycles. The van der Waals surface area contributed by atoms with Crippen molar-refractivity contribution < 1.29 is 19.4 Å². The zero-order chi connectivity index (χ0) is 19.4. The molecule has 1 aliphatic rings. The number of amides is 1. The molecule has 5 heteroatoms. The van der Waals surface area contributed by atoms with Crippen molar-refractivity contribution in [3.8, 4) is 11.5 Å². The van der Waals surface area contributed by atoms with Crippen molar-refractivity contribution in [3.05, 3.63) is 23.8 Å². The highest BCUT2D eigenvalue weighted by molar-refractivity contribution is 5.77. The number of rotatable bonds is 7. The molecule has 26 heavy (non-hydrogen) atoms. The zero-order valence-corrected chi connectivity index (χ0v) is 16.7. The van der Waals surface area contributed by atoms with Crippen LogP contribution in [0.1, 0.15) is 52.0 Å². The Morgan fingerprint density at radius 2 is 1.81 bits per heavy atom. The third-order valence-electron chi connectivity index (χ3n) is 5.22. The number of benzene rings is 1. The number of hydrogen-bond acceptors (Lipinski definition) is 4. The van der Waals surface area contributed by atoms with E-state index in [1.165, 1.54) is 0 Å². The quantitative estimate of drug-likeness (QED) is 0.780. The molecule has 1 amide bonds. The number of ether oxygens (including phenoxy) is 2. The molecule has 0 radical (unpaired) electrons. The lowest BCUT2D eigenvalue weighted by Crippen LogP contribution is -2.57. The number of aryl methyl sites for hydroxylation is 1. The first-order valence-corrected chi connectivity index (χ1v) is 9.35. The van der Waals surface area contributed by atoms with Crippen LogP contribution in [0.2, 0.25) is 0 Å². The fourth-order valence-corrected chi connectivity index (χ4v) is 4.62. The van der Waals surface area contributed by atoms with Gasteiger partial charge in [-0.25, -0.2) is 0 Å². The summed E-state index contributed by atoms with van der Waals surface area (Å²) in [5.74, 6) is 1.89. The molecule has 0 saturated heterocycles. The molecule has 1 aromatic rings. The normalized spacial score (nSPS) is 24.8. The van der Waals surface area contributed by atoms with E-state index < -0.39 is 5.54 Å². The van der Waals surface area contributed by atoms with E-state index in [0.29, 0.717) is 18.8 Å². The van der Waals surface area contributed by atoms with Gasteiger partial charge in [0, 0.05) is 12.5 Å². The van der Waals surface area contributed by atoms with Crippen LogP contribution in [0.3, 0.4) is 0 Å². The average Bonchev–Trinajstić information content (AvgIpc) is 2.57. The van der Waals surface area contributed by atoms with Crippen LogP contribution in [0.15, 0.2) is 18.2 Å². The summed E-state index contributed by atoms with van der Waals surface area (Å²) in [7, 11) is 3.23. The van der Waals surface area contributed by atoms with Crippen molar-refractivity contribution in [2.75, 3.05) is 20.8 Å². The molecule has 1 aliphatic carbocycles. The molecule has 0 bridgehead atoms. The minimum Gasteiger partial charge on any atom is -0.497 e. The van der Waals surface area contributed by atoms with Crippen LogP contribution >= 0.6 is 0 Å². The summed E-state index contributed by atoms with van der Waals surface area (Å²) in [6.45, 7) is 6.60. The monoisotopic (exact) mass is 363 g/mol. The van der Waals surface area contributed by atoms with E-state index in [-0.39, 0.29) is 17.9 Å². The molecule has 0 unspecified atom stereocenters. The van der Waals surface area contributed by atoms with E-state index in [4.69, 9.17) is 9.47 Å². The van der Waals surface area contributed by atoms with Gasteiger partial charge in [-0.15, -0.1) is 0 Å². The molecule has 146 valence electrons. The Balaban J connectivity index is 2.01. The molecule has 2 atom stereocenters. The molecule has 5 nitrogen and oxygen atoms in total. The van der Waals surface area contributed by atoms with E-state index in [1.807, 2.05) is 18.2 Å². The largest absolute Gasteiger partial charge is 0.497 e. The molecular formula is C21H33NO4. The van der Waals surface area contributed by atoms with Gasteiger partial charge in [0.25, 0.3) is 0 Å². The van der Waals surface area contributed by atoms with Crippen LogP contribution < -0.4 is 14.8 Å². The van der Waals surface area contributed by atoms with Gasteiger partial charge in [-0.1, -0.05) is 20.8 Å². The molecule has 1 fully saturated rings. The van der Waals surface area contributed by atoms with Gasteiger partial charge in [-0.3, -0.25) is 4.79 Å². The van der Waals surface area contributed by atoms with Crippen molar-refractivity contribution in [1.82, 2.24) is 5.32 Å². The van der Waals surface area contributed by atoms with Gasteiger partial charge in [-0.2, -0.15) is 0 Å². The summed E-state index contributed by atoms with van der Waals surface area (Å²) in [6, 6.07) is 5.66. The lowest BCUT2D eigenvalue weighted by Gasteiger charge is -2.47. The van der Waals surface area contributed by atoms with Gasteiger partial charge >= 0.3 is 0 Å². The maximum atomic E-state index is 12.6. The van der Waals surface area contributed by atoms with Crippen LogP contribution in [-0.2, 0) is 11.2 Å². The van der Waals surface area contributed by atoms with Crippen LogP contribution in [0.25, 0.3) is 0 Å². The van der Waals surface area contributed by atoms with Gasteiger partial charge in [0.05, 0.1) is 26.4 Å². The van der Waals surface area contributed by atoms with E-state index in [1.54, 1.807) is 14.2 Å². The Kier molecular flexibility index (Phi) is 6.56. The second-order valence-corrected chi connectivity index (χ2v) is 8.56. The fourth-order valence-electron chi connectivity index (χ4n) is 4.62. The minimum absolute atomic E-state index is 0.0144. The Labute approximate surface area is 157 Å². The molecule has 2 rings (SSSR count). The number of aliphatic hydroxyl groups excluding tert-OH is 1. The highest BCUT2D eigenvalue weighted by atomic mass is 16.5. The van der Waals surface area contributed by atoms with Crippen molar-refractivity contribution in [2.24, 2.45) is 11.3 Å². The Bertz CT molecular complexity index is 606. The Morgan fingerprint density at radius 3 is 2.31 bits per heavy atom. The van der Waals surface area contributed by atoms with Crippen LogP contribution in [-0.4, -0.2) is 37.4 Å². The number of nitrogens with one attached hydrogen (secondary N) is 1. The van der Waals surface area contributed by atoms with Crippen molar-refractivity contribution >= 4 is 5.91 Å². The van der Waals surface area contributed by atoms with E-state index in [0.717, 1.165) is 36.3 Å². The van der Waals surface area contributed by atoms with Gasteiger partial charge in [0.1, 0.15) is 11.5 Å². The molecule has 1 saturated carbocycles. The Morgan fingerprint density at radius 1 is 1.19 bits per heavy atom. The number of methoxy groups -OCH3 is 2. The van der Waals surface area contributed by atoms with Crippen LogP contribution in [0, 0.1) is 11.3 Å². The summed E-state index contributed by atoms with van der Waals surface area (Å²) in [4.78, 5) is 12.6. The molecule has 1 aromatic carbocycles. The molecule has 2 N–H and O–H groups in total. The maximum absolute atomic E-state index is 12.6. The van der Waals surface area contributed by atoms with Crippen LogP contribution in [0.5, 0.6) is 11.5 Å². The average molecular weight is 363 g/mol. The second kappa shape index (κ2) is 8.30. The van der Waals surface area contributed by atoms with Crippen molar-refractivity contribution in [1.29, 1.82) is 0 Å². The predicted molar refractivity (Wildman–Crippen MR) is 103 cm³/mol. The molecule has 0 heterocycles. The zero-order valence-electron chi connectivity index (χ0n) is 16.7. The molecule has 0 spiro atoms. The van der Waals surface area contributed by atoms with Gasteiger partial charge < -0.3 is 19.9 Å². The molecular weight excluding hydrogens is 330 g/mol. The highest BCUT2D eigenvalue weighted by Gasteiger charge is 2.43. The summed E-state index contributed by atoms with van der Waals surface area (Å²) in [6.07, 6.45) is 3.71. The highest BCUT2D eigenvalue weighted by Crippen LogP contribution is 2.43. The lowest BCUT2D eigenvalue weighted by molar-refractivity contribution is -0.125. The van der Waals surface area contributed by atoms with Crippen molar-refractivity contribution in [2.45, 2.75) is 58.4 Å². The third kappa shape index (κ3) is 5.37. The maximum Gasteiger partial charge on any atom is 0.220 e. The summed E-state index contributed by atoms with van der Waals surface area (Å²) < 4.78 is 10.6. The minimum atomic E-state index is -0.510. The van der Waals surface area contributed by atoms with E-state index in [2.05, 4.69) is 26.1 Å². The van der Waals surface area contributed by atoms with Crippen LogP contribution in [0.4, 0.5) is 0 Å². The number of aliphatic hydroxyl groups is 1. The lowest BCUT2D eigenvalue weighted by atomic mass is 9.64. The first-order chi connectivity index (χ1) is 12.2. The number of carbonyl (C=O) groups is 1. The SMILES string of the molecule is COc1cc(CCC(=O)N[C@@]2(CO)C[C@@H](C)CC(C)(C)C2)cc(OC)c1. The number of carbonyl (C=O) groups excluding carboxylic acids is 1. The summed E-state index contributed by atoms with van der Waals surface area (Å²) in [5, 5.41) is 13.2. The fraction of sp³-hybridized carbons (Fsp3) is 0.667. The smallest absolute Gasteiger partial charge is 0.220 e. The van der Waals surface area contributed by atoms with E-state index >= 15 is 0 Å². The first kappa shape index (κ1) is 20.6. The summed E-state index contributed by atoms with van der Waals surface area (Å²) >= 11 is 0. The van der Waals surface area contributed by atoms with Gasteiger partial charge in [-0.05, 0) is 54.7 Å². The topological polar surface area (TPSA) is 67.8 Å². The predicted octanol–water partition coefficient (Wildman–Crippen LogP) is 3.33. The standard InChI is InChI=1S/C21H33NO4/c1-15-11-20(2,3)13-21(12-15,14-23)22-19(24)7-6-16-8-17(25-4)10-18(9-16)26-5/h8-10,15,23H,6-7,11-14H2,1-5H3,(H,22,24)/t15-,21-/m0/s1. The molecule has 0 aromatic heterocycles. The van der Waals surface area contributed by atoms with Gasteiger partial charge in [0.15, 0.2) is 0 Å². The van der Waals surface area contributed by atoms with Gasteiger partial charge in [0.2, 0.25) is 5.91 Å². The number of hydrogen-bond donors (Lipinski definition) is 2. The summed E-state index contributed by atoms with van der Waals surface area (Å²) in [5.41, 5.74) is 0.602. The Hall–Kier alpha value is -1.75. The first-order valence-electron chi connectivity index (χ1n) is 9.35.